The van der Waals surface area contributed by atoms with Gasteiger partial charge in [0.25, 0.3) is 5.91 Å². The fourth-order valence-electron chi connectivity index (χ4n) is 2.46. The number of ether oxygens (including phenoxy) is 1. The van der Waals surface area contributed by atoms with Crippen LogP contribution in [0.3, 0.4) is 0 Å². The van der Waals surface area contributed by atoms with Crippen LogP contribution in [0, 0.1) is 0 Å². The number of aromatic carboxylic acids is 1. The number of carbonyl (C=O) groups excluding carboxylic acids is 1. The lowest BCUT2D eigenvalue weighted by atomic mass is 10.1. The van der Waals surface area contributed by atoms with Gasteiger partial charge in [-0.3, -0.25) is 9.59 Å². The van der Waals surface area contributed by atoms with Crippen molar-refractivity contribution in [2.75, 3.05) is 13.2 Å². The Balaban J connectivity index is 2.10. The number of amides is 1. The second-order valence-corrected chi connectivity index (χ2v) is 4.57. The number of hydrogen-bond donors (Lipinski definition) is 1. The van der Waals surface area contributed by atoms with Crippen LogP contribution in [0.4, 0.5) is 0 Å². The molecule has 0 aliphatic carbocycles. The highest BCUT2D eigenvalue weighted by atomic mass is 16.5. The highest BCUT2D eigenvalue weighted by molar-refractivity contribution is 5.94. The van der Waals surface area contributed by atoms with Gasteiger partial charge in [-0.1, -0.05) is 0 Å². The topological polar surface area (TPSA) is 88.8 Å². The Bertz CT molecular complexity index is 621. The molecule has 1 saturated heterocycles. The first-order valence-electron chi connectivity index (χ1n) is 5.98. The van der Waals surface area contributed by atoms with Gasteiger partial charge >= 0.3 is 5.97 Å². The lowest BCUT2D eigenvalue weighted by molar-refractivity contribution is -0.0917. The summed E-state index contributed by atoms with van der Waals surface area (Å²) < 4.78 is 6.98. The van der Waals surface area contributed by atoms with Crippen molar-refractivity contribution in [3.63, 3.8) is 0 Å². The zero-order chi connectivity index (χ0) is 13.6. The van der Waals surface area contributed by atoms with E-state index >= 15 is 0 Å². The Morgan fingerprint density at radius 1 is 1.42 bits per heavy atom. The first-order chi connectivity index (χ1) is 9.08. The maximum absolute atomic E-state index is 12.2. The Labute approximate surface area is 108 Å². The molecule has 1 atom stereocenters. The third kappa shape index (κ3) is 1.82. The fraction of sp³-hybridized carbons (Fsp3) is 0.417. The zero-order valence-corrected chi connectivity index (χ0v) is 10.0. The molecule has 1 unspecified atom stereocenters. The number of fused-ring (bicyclic) bond motifs is 2. The van der Waals surface area contributed by atoms with E-state index in [9.17, 15) is 14.4 Å². The Kier molecular flexibility index (Phi) is 2.63. The van der Waals surface area contributed by atoms with Crippen LogP contribution >= 0.6 is 0 Å². The number of aromatic nitrogens is 1. The summed E-state index contributed by atoms with van der Waals surface area (Å²) >= 11 is 0. The van der Waals surface area contributed by atoms with Crippen LogP contribution in [0.25, 0.3) is 0 Å². The fourth-order valence-corrected chi connectivity index (χ4v) is 2.46. The van der Waals surface area contributed by atoms with Crippen molar-refractivity contribution in [3.05, 3.63) is 33.7 Å². The third-order valence-corrected chi connectivity index (χ3v) is 3.39. The molecule has 1 fully saturated rings. The summed E-state index contributed by atoms with van der Waals surface area (Å²) in [6, 6.07) is 1.09. The first kappa shape index (κ1) is 11.9. The highest BCUT2D eigenvalue weighted by Crippen LogP contribution is 2.21. The van der Waals surface area contributed by atoms with Crippen molar-refractivity contribution in [2.24, 2.45) is 0 Å². The zero-order valence-electron chi connectivity index (χ0n) is 10.0. The van der Waals surface area contributed by atoms with Crippen LogP contribution in [-0.2, 0) is 11.3 Å². The van der Waals surface area contributed by atoms with Crippen LogP contribution in [0.15, 0.2) is 17.1 Å². The summed E-state index contributed by atoms with van der Waals surface area (Å²) in [6.45, 7) is 1.52. The van der Waals surface area contributed by atoms with Crippen molar-refractivity contribution < 1.29 is 19.4 Å². The monoisotopic (exact) mass is 264 g/mol. The van der Waals surface area contributed by atoms with E-state index in [0.29, 0.717) is 19.7 Å². The summed E-state index contributed by atoms with van der Waals surface area (Å²) in [7, 11) is 0. The lowest BCUT2D eigenvalue weighted by Crippen LogP contribution is -2.53. The van der Waals surface area contributed by atoms with Crippen molar-refractivity contribution in [1.82, 2.24) is 9.47 Å². The molecule has 19 heavy (non-hydrogen) atoms. The van der Waals surface area contributed by atoms with Gasteiger partial charge in [0, 0.05) is 18.8 Å². The molecule has 0 aromatic carbocycles. The lowest BCUT2D eigenvalue weighted by Gasteiger charge is -2.40. The van der Waals surface area contributed by atoms with Gasteiger partial charge in [-0.15, -0.1) is 0 Å². The number of pyridine rings is 1. The average molecular weight is 264 g/mol. The van der Waals surface area contributed by atoms with Crippen LogP contribution < -0.4 is 5.43 Å². The molecule has 100 valence electrons. The molecule has 3 heterocycles. The van der Waals surface area contributed by atoms with E-state index in [1.807, 2.05) is 0 Å². The highest BCUT2D eigenvalue weighted by Gasteiger charge is 2.35. The van der Waals surface area contributed by atoms with E-state index in [1.165, 1.54) is 10.8 Å². The van der Waals surface area contributed by atoms with Crippen molar-refractivity contribution >= 4 is 11.9 Å². The number of nitrogens with zero attached hydrogens (tertiary/aromatic N) is 2. The van der Waals surface area contributed by atoms with Gasteiger partial charge in [-0.05, 0) is 6.42 Å². The quantitative estimate of drug-likeness (QED) is 0.755. The van der Waals surface area contributed by atoms with Gasteiger partial charge in [0.15, 0.2) is 11.7 Å². The van der Waals surface area contributed by atoms with E-state index in [1.54, 1.807) is 4.90 Å². The molecular formula is C12H12N2O5. The van der Waals surface area contributed by atoms with Crippen LogP contribution in [0.1, 0.15) is 27.3 Å². The molecule has 2 aliphatic heterocycles. The Hall–Kier alpha value is -2.15. The minimum atomic E-state index is -1.29. The molecule has 1 aromatic rings. The van der Waals surface area contributed by atoms with E-state index in [2.05, 4.69) is 0 Å². The molecule has 3 rings (SSSR count). The molecule has 2 aliphatic rings. The molecule has 1 amide bonds. The predicted molar refractivity (Wildman–Crippen MR) is 63.1 cm³/mol. The smallest absolute Gasteiger partial charge is 0.341 e. The number of rotatable bonds is 1. The number of carboxylic acid groups (broad SMARTS) is 1. The molecule has 1 aromatic heterocycles. The number of carboxylic acids is 1. The summed E-state index contributed by atoms with van der Waals surface area (Å²) in [5.74, 6) is -1.58. The minimum Gasteiger partial charge on any atom is -0.477 e. The van der Waals surface area contributed by atoms with Gasteiger partial charge in [0.1, 0.15) is 11.3 Å². The summed E-state index contributed by atoms with van der Waals surface area (Å²) in [6.07, 6.45) is 1.60. The summed E-state index contributed by atoms with van der Waals surface area (Å²) in [4.78, 5) is 36.4. The maximum atomic E-state index is 12.2. The standard InChI is InChI=1S/C12H12N2O5/c15-9-4-8-11(16)14-2-1-3-19-10(14)6-13(8)5-7(9)12(17)18/h4-5,10H,1-3,6H2,(H,17,18). The molecular weight excluding hydrogens is 252 g/mol. The van der Waals surface area contributed by atoms with Crippen molar-refractivity contribution in [1.29, 1.82) is 0 Å². The second kappa shape index (κ2) is 4.20. The second-order valence-electron chi connectivity index (χ2n) is 4.57. The molecule has 0 radical (unpaired) electrons. The van der Waals surface area contributed by atoms with Crippen molar-refractivity contribution in [3.8, 4) is 0 Å². The van der Waals surface area contributed by atoms with Crippen LogP contribution in [-0.4, -0.2) is 45.8 Å². The van der Waals surface area contributed by atoms with E-state index < -0.39 is 11.4 Å². The predicted octanol–water partition coefficient (Wildman–Crippen LogP) is -0.251. The average Bonchev–Trinajstić information content (AvgIpc) is 2.39. The van der Waals surface area contributed by atoms with Gasteiger partial charge in [-0.2, -0.15) is 0 Å². The SMILES string of the molecule is O=C(O)c1cn2c(cc1=O)C(=O)N1CCCOC1C2. The first-order valence-corrected chi connectivity index (χ1v) is 5.98. The van der Waals surface area contributed by atoms with Gasteiger partial charge < -0.3 is 19.3 Å². The molecule has 0 spiro atoms. The molecule has 7 nitrogen and oxygen atoms in total. The van der Waals surface area contributed by atoms with Gasteiger partial charge in [-0.25, -0.2) is 4.79 Å². The number of hydrogen-bond acceptors (Lipinski definition) is 4. The number of carbonyl (C=O) groups is 2. The van der Waals surface area contributed by atoms with Crippen LogP contribution in [0.2, 0.25) is 0 Å². The maximum Gasteiger partial charge on any atom is 0.341 e. The summed E-state index contributed by atoms with van der Waals surface area (Å²) in [5.41, 5.74) is -0.763. The Morgan fingerprint density at radius 3 is 2.95 bits per heavy atom. The molecule has 0 bridgehead atoms. The largest absolute Gasteiger partial charge is 0.477 e. The van der Waals surface area contributed by atoms with E-state index in [4.69, 9.17) is 9.84 Å². The minimum absolute atomic E-state index is 0.219. The van der Waals surface area contributed by atoms with Gasteiger partial charge in [0.2, 0.25) is 0 Å². The summed E-state index contributed by atoms with van der Waals surface area (Å²) in [5, 5.41) is 8.93. The Morgan fingerprint density at radius 2 is 2.21 bits per heavy atom. The molecule has 0 saturated carbocycles. The van der Waals surface area contributed by atoms with Crippen molar-refractivity contribution in [2.45, 2.75) is 19.2 Å². The van der Waals surface area contributed by atoms with Gasteiger partial charge in [0.05, 0.1) is 13.2 Å². The molecule has 7 heteroatoms. The van der Waals surface area contributed by atoms with E-state index in [-0.39, 0.29) is 23.4 Å². The normalized spacial score (nSPS) is 21.8. The molecule has 1 N–H and O–H groups in total. The third-order valence-electron chi connectivity index (χ3n) is 3.39. The van der Waals surface area contributed by atoms with E-state index in [0.717, 1.165) is 12.5 Å². The van der Waals surface area contributed by atoms with Crippen LogP contribution in [0.5, 0.6) is 0 Å².